The van der Waals surface area contributed by atoms with E-state index in [-0.39, 0.29) is 11.0 Å². The molecule has 0 aliphatic heterocycles. The Morgan fingerprint density at radius 3 is 2.45 bits per heavy atom. The lowest BCUT2D eigenvalue weighted by molar-refractivity contribution is 0.0977. The van der Waals surface area contributed by atoms with E-state index in [4.69, 9.17) is 16.6 Å². The van der Waals surface area contributed by atoms with Gasteiger partial charge in [0.25, 0.3) is 5.91 Å². The van der Waals surface area contributed by atoms with Gasteiger partial charge in [0.2, 0.25) is 5.89 Å². The molecular formula is C25H17N3O2S. The summed E-state index contributed by atoms with van der Waals surface area (Å²) in [7, 11) is 0. The van der Waals surface area contributed by atoms with Gasteiger partial charge >= 0.3 is 0 Å². The molecule has 150 valence electrons. The van der Waals surface area contributed by atoms with Crippen molar-refractivity contribution in [1.29, 1.82) is 0 Å². The Kier molecular flexibility index (Phi) is 4.90. The third kappa shape index (κ3) is 4.01. The van der Waals surface area contributed by atoms with Crippen molar-refractivity contribution in [3.63, 3.8) is 0 Å². The van der Waals surface area contributed by atoms with Crippen molar-refractivity contribution in [2.45, 2.75) is 0 Å². The maximum atomic E-state index is 12.2. The average molecular weight is 423 g/mol. The number of thiocarbonyl (C=S) groups is 1. The second kappa shape index (κ2) is 8.01. The van der Waals surface area contributed by atoms with Gasteiger partial charge in [0, 0.05) is 16.8 Å². The normalized spacial score (nSPS) is 10.8. The number of rotatable bonds is 3. The van der Waals surface area contributed by atoms with E-state index in [2.05, 4.69) is 39.9 Å². The standard InChI is InChI=1S/C25H17N3O2S/c29-23(17-7-2-1-3-8-17)28-25(31)26-20-12-13-22-21(15-20)27-24(30-22)19-11-10-16-6-4-5-9-18(16)14-19/h1-15H,(H2,26,28,29,31). The van der Waals surface area contributed by atoms with Crippen LogP contribution in [-0.4, -0.2) is 16.0 Å². The molecule has 4 aromatic carbocycles. The van der Waals surface area contributed by atoms with Gasteiger partial charge in [0.1, 0.15) is 5.52 Å². The molecule has 0 spiro atoms. The maximum absolute atomic E-state index is 12.2. The Hall–Kier alpha value is -4.03. The summed E-state index contributed by atoms with van der Waals surface area (Å²) in [6.45, 7) is 0. The number of carbonyl (C=O) groups excluding carboxylic acids is 1. The Morgan fingerprint density at radius 1 is 0.839 bits per heavy atom. The molecule has 31 heavy (non-hydrogen) atoms. The van der Waals surface area contributed by atoms with Gasteiger partial charge in [-0.05, 0) is 65.5 Å². The van der Waals surface area contributed by atoms with Crippen LogP contribution < -0.4 is 10.6 Å². The van der Waals surface area contributed by atoms with Crippen LogP contribution in [0.25, 0.3) is 33.3 Å². The summed E-state index contributed by atoms with van der Waals surface area (Å²) in [5.74, 6) is 0.289. The first-order chi connectivity index (χ1) is 15.2. The lowest BCUT2D eigenvalue weighted by atomic mass is 10.1. The number of carbonyl (C=O) groups is 1. The minimum atomic E-state index is -0.265. The van der Waals surface area contributed by atoms with Crippen molar-refractivity contribution >= 4 is 50.8 Å². The van der Waals surface area contributed by atoms with Crippen LogP contribution in [0.15, 0.2) is 95.4 Å². The van der Waals surface area contributed by atoms with Crippen LogP contribution in [0, 0.1) is 0 Å². The zero-order valence-electron chi connectivity index (χ0n) is 16.3. The summed E-state index contributed by atoms with van der Waals surface area (Å²) >= 11 is 5.27. The minimum Gasteiger partial charge on any atom is -0.436 e. The highest BCUT2D eigenvalue weighted by Crippen LogP contribution is 2.28. The van der Waals surface area contributed by atoms with Crippen LogP contribution in [0.3, 0.4) is 0 Å². The lowest BCUT2D eigenvalue weighted by Gasteiger charge is -2.09. The molecule has 0 saturated carbocycles. The Morgan fingerprint density at radius 2 is 1.61 bits per heavy atom. The van der Waals surface area contributed by atoms with E-state index in [1.165, 1.54) is 5.39 Å². The molecule has 0 saturated heterocycles. The van der Waals surface area contributed by atoms with E-state index < -0.39 is 0 Å². The Balaban J connectivity index is 1.35. The molecule has 5 rings (SSSR count). The predicted molar refractivity (Wildman–Crippen MR) is 127 cm³/mol. The molecule has 0 atom stereocenters. The predicted octanol–water partition coefficient (Wildman–Crippen LogP) is 5.77. The largest absolute Gasteiger partial charge is 0.436 e. The van der Waals surface area contributed by atoms with Crippen molar-refractivity contribution < 1.29 is 9.21 Å². The summed E-state index contributed by atoms with van der Waals surface area (Å²) in [6, 6.07) is 28.7. The van der Waals surface area contributed by atoms with Crippen LogP contribution in [0.4, 0.5) is 5.69 Å². The number of amides is 1. The number of nitrogens with one attached hydrogen (secondary N) is 2. The van der Waals surface area contributed by atoms with Gasteiger partial charge < -0.3 is 9.73 Å². The lowest BCUT2D eigenvalue weighted by Crippen LogP contribution is -2.34. The van der Waals surface area contributed by atoms with Gasteiger partial charge in [0.05, 0.1) is 0 Å². The van der Waals surface area contributed by atoms with Gasteiger partial charge in [0.15, 0.2) is 10.7 Å². The highest BCUT2D eigenvalue weighted by Gasteiger charge is 2.11. The van der Waals surface area contributed by atoms with E-state index in [9.17, 15) is 4.79 Å². The van der Waals surface area contributed by atoms with E-state index in [0.717, 1.165) is 10.9 Å². The van der Waals surface area contributed by atoms with Crippen molar-refractivity contribution in [1.82, 2.24) is 10.3 Å². The van der Waals surface area contributed by atoms with Gasteiger partial charge in [-0.1, -0.05) is 48.5 Å². The van der Waals surface area contributed by atoms with E-state index in [1.54, 1.807) is 24.3 Å². The molecule has 1 aromatic heterocycles. The molecule has 0 radical (unpaired) electrons. The molecule has 0 aliphatic carbocycles. The summed E-state index contributed by atoms with van der Waals surface area (Å²) in [4.78, 5) is 16.9. The Labute approximate surface area is 183 Å². The molecule has 5 aromatic rings. The summed E-state index contributed by atoms with van der Waals surface area (Å²) in [5.41, 5.74) is 3.54. The molecule has 1 heterocycles. The van der Waals surface area contributed by atoms with E-state index >= 15 is 0 Å². The second-order valence-electron chi connectivity index (χ2n) is 7.04. The SMILES string of the molecule is O=C(NC(=S)Nc1ccc2oc(-c3ccc4ccccc4c3)nc2c1)c1ccccc1. The zero-order chi connectivity index (χ0) is 21.2. The first-order valence-corrected chi connectivity index (χ1v) is 10.1. The van der Waals surface area contributed by atoms with Crippen molar-refractivity contribution in [3.05, 3.63) is 96.6 Å². The van der Waals surface area contributed by atoms with Gasteiger partial charge in [-0.15, -0.1) is 0 Å². The molecule has 0 fully saturated rings. The summed E-state index contributed by atoms with van der Waals surface area (Å²) < 4.78 is 5.94. The summed E-state index contributed by atoms with van der Waals surface area (Å²) in [5, 5.41) is 8.21. The molecule has 1 amide bonds. The maximum Gasteiger partial charge on any atom is 0.257 e. The smallest absolute Gasteiger partial charge is 0.257 e. The Bertz CT molecular complexity index is 1430. The van der Waals surface area contributed by atoms with E-state index in [1.807, 2.05) is 42.5 Å². The number of hydrogen-bond acceptors (Lipinski definition) is 4. The first kappa shape index (κ1) is 19.0. The highest BCUT2D eigenvalue weighted by atomic mass is 32.1. The average Bonchev–Trinajstić information content (AvgIpc) is 3.22. The van der Waals surface area contributed by atoms with Crippen molar-refractivity contribution in [2.75, 3.05) is 5.32 Å². The van der Waals surface area contributed by atoms with Gasteiger partial charge in [-0.3, -0.25) is 10.1 Å². The van der Waals surface area contributed by atoms with Crippen LogP contribution in [0.2, 0.25) is 0 Å². The van der Waals surface area contributed by atoms with Crippen LogP contribution in [-0.2, 0) is 0 Å². The number of nitrogens with zero attached hydrogens (tertiary/aromatic N) is 1. The highest BCUT2D eigenvalue weighted by molar-refractivity contribution is 7.80. The minimum absolute atomic E-state index is 0.214. The topological polar surface area (TPSA) is 67.2 Å². The third-order valence-electron chi connectivity index (χ3n) is 4.90. The molecule has 5 nitrogen and oxygen atoms in total. The van der Waals surface area contributed by atoms with Crippen molar-refractivity contribution in [3.8, 4) is 11.5 Å². The number of benzene rings is 4. The van der Waals surface area contributed by atoms with Gasteiger partial charge in [-0.2, -0.15) is 0 Å². The third-order valence-corrected chi connectivity index (χ3v) is 5.11. The van der Waals surface area contributed by atoms with Crippen LogP contribution >= 0.6 is 12.2 Å². The fourth-order valence-electron chi connectivity index (χ4n) is 3.38. The van der Waals surface area contributed by atoms with Crippen LogP contribution in [0.5, 0.6) is 0 Å². The van der Waals surface area contributed by atoms with Crippen molar-refractivity contribution in [2.24, 2.45) is 0 Å². The number of anilines is 1. The number of hydrogen-bond donors (Lipinski definition) is 2. The fourth-order valence-corrected chi connectivity index (χ4v) is 3.59. The summed E-state index contributed by atoms with van der Waals surface area (Å²) in [6.07, 6.45) is 0. The number of oxazole rings is 1. The zero-order valence-corrected chi connectivity index (χ0v) is 17.1. The molecular weight excluding hydrogens is 406 g/mol. The van der Waals surface area contributed by atoms with Gasteiger partial charge in [-0.25, -0.2) is 4.98 Å². The molecule has 0 aliphatic rings. The molecule has 2 N–H and O–H groups in total. The number of aromatic nitrogens is 1. The molecule has 6 heteroatoms. The quantitative estimate of drug-likeness (QED) is 0.360. The monoisotopic (exact) mass is 423 g/mol. The first-order valence-electron chi connectivity index (χ1n) is 9.73. The fraction of sp³-hybridized carbons (Fsp3) is 0. The number of fused-ring (bicyclic) bond motifs is 2. The molecule has 0 unspecified atom stereocenters. The molecule has 0 bridgehead atoms. The second-order valence-corrected chi connectivity index (χ2v) is 7.45. The van der Waals surface area contributed by atoms with Crippen LogP contribution in [0.1, 0.15) is 10.4 Å². The van der Waals surface area contributed by atoms with E-state index in [0.29, 0.717) is 28.2 Å².